The van der Waals surface area contributed by atoms with Crippen LogP contribution in [0.4, 0.5) is 5.69 Å². The Bertz CT molecular complexity index is 994. The van der Waals surface area contributed by atoms with Gasteiger partial charge < -0.3 is 10.1 Å². The topological polar surface area (TPSA) is 107 Å². The first-order chi connectivity index (χ1) is 13.6. The Morgan fingerprint density at radius 3 is 2.14 bits per heavy atom. The van der Waals surface area contributed by atoms with Crippen molar-refractivity contribution in [3.8, 4) is 0 Å². The standard InChI is InChI=1S/C21H23NO6S/c1-14-4-10-19(11-5-14)29(26,27)13-12-20(24)28-16(3)21(25)22-18-8-6-17(7-9-18)15(2)23/h4-11,16H,12-13H2,1-3H3,(H,22,25). The van der Waals surface area contributed by atoms with Gasteiger partial charge >= 0.3 is 5.97 Å². The first kappa shape index (κ1) is 22.3. The van der Waals surface area contributed by atoms with Crippen LogP contribution in [0.2, 0.25) is 0 Å². The highest BCUT2D eigenvalue weighted by atomic mass is 32.2. The number of carbonyl (C=O) groups excluding carboxylic acids is 3. The molecule has 2 rings (SSSR count). The molecule has 0 aliphatic carbocycles. The second-order valence-electron chi connectivity index (χ2n) is 6.64. The average Bonchev–Trinajstić information content (AvgIpc) is 2.67. The Balaban J connectivity index is 1.86. The van der Waals surface area contributed by atoms with E-state index >= 15 is 0 Å². The van der Waals surface area contributed by atoms with Crippen molar-refractivity contribution in [1.82, 2.24) is 0 Å². The van der Waals surface area contributed by atoms with Crippen LogP contribution in [-0.2, 0) is 24.2 Å². The molecule has 0 aliphatic heterocycles. The van der Waals surface area contributed by atoms with E-state index in [0.29, 0.717) is 11.3 Å². The maximum atomic E-state index is 12.3. The number of carbonyl (C=O) groups is 3. The van der Waals surface area contributed by atoms with Gasteiger partial charge in [0.15, 0.2) is 21.7 Å². The third kappa shape index (κ3) is 6.53. The minimum Gasteiger partial charge on any atom is -0.453 e. The zero-order valence-corrected chi connectivity index (χ0v) is 17.3. The quantitative estimate of drug-likeness (QED) is 0.523. The predicted molar refractivity (Wildman–Crippen MR) is 108 cm³/mol. The van der Waals surface area contributed by atoms with Crippen LogP contribution >= 0.6 is 0 Å². The SMILES string of the molecule is CC(=O)c1ccc(NC(=O)C(C)OC(=O)CCS(=O)(=O)c2ccc(C)cc2)cc1. The average molecular weight is 417 g/mol. The number of ether oxygens (including phenoxy) is 1. The van der Waals surface area contributed by atoms with E-state index in [2.05, 4.69) is 5.32 Å². The van der Waals surface area contributed by atoms with E-state index in [-0.39, 0.29) is 17.1 Å². The summed E-state index contributed by atoms with van der Waals surface area (Å²) < 4.78 is 29.6. The molecule has 0 heterocycles. The Morgan fingerprint density at radius 1 is 1.00 bits per heavy atom. The number of anilines is 1. The van der Waals surface area contributed by atoms with Gasteiger partial charge in [-0.05, 0) is 57.2 Å². The molecule has 1 N–H and O–H groups in total. The zero-order chi connectivity index (χ0) is 21.6. The van der Waals surface area contributed by atoms with Crippen molar-refractivity contribution in [2.45, 2.75) is 38.2 Å². The van der Waals surface area contributed by atoms with Crippen molar-refractivity contribution in [2.75, 3.05) is 11.1 Å². The minimum atomic E-state index is -3.62. The summed E-state index contributed by atoms with van der Waals surface area (Å²) in [6.07, 6.45) is -1.46. The number of Topliss-reactive ketones (excluding diaryl/α,β-unsaturated/α-hetero) is 1. The van der Waals surface area contributed by atoms with Gasteiger partial charge in [-0.2, -0.15) is 0 Å². The number of ketones is 1. The number of benzene rings is 2. The molecule has 0 aromatic heterocycles. The van der Waals surface area contributed by atoms with Crippen LogP contribution in [0.5, 0.6) is 0 Å². The van der Waals surface area contributed by atoms with Gasteiger partial charge in [0.25, 0.3) is 5.91 Å². The molecule has 7 nitrogen and oxygen atoms in total. The molecule has 0 saturated carbocycles. The first-order valence-electron chi connectivity index (χ1n) is 8.99. The molecule has 2 aromatic carbocycles. The van der Waals surface area contributed by atoms with Crippen molar-refractivity contribution in [1.29, 1.82) is 0 Å². The summed E-state index contributed by atoms with van der Waals surface area (Å²) in [6, 6.07) is 12.6. The number of hydrogen-bond acceptors (Lipinski definition) is 6. The maximum absolute atomic E-state index is 12.3. The summed E-state index contributed by atoms with van der Waals surface area (Å²) in [5.74, 6) is -1.84. The molecule has 29 heavy (non-hydrogen) atoms. The molecule has 8 heteroatoms. The van der Waals surface area contributed by atoms with E-state index in [1.54, 1.807) is 36.4 Å². The van der Waals surface area contributed by atoms with Gasteiger partial charge in [0.1, 0.15) is 0 Å². The molecule has 154 valence electrons. The Labute approximate surface area is 170 Å². The third-order valence-corrected chi connectivity index (χ3v) is 5.92. The molecular weight excluding hydrogens is 394 g/mol. The van der Waals surface area contributed by atoms with E-state index in [0.717, 1.165) is 5.56 Å². The highest BCUT2D eigenvalue weighted by molar-refractivity contribution is 7.91. The summed E-state index contributed by atoms with van der Waals surface area (Å²) >= 11 is 0. The van der Waals surface area contributed by atoms with Crippen LogP contribution in [0, 0.1) is 6.92 Å². The second-order valence-corrected chi connectivity index (χ2v) is 8.75. The van der Waals surface area contributed by atoms with Crippen LogP contribution in [-0.4, -0.2) is 37.9 Å². The zero-order valence-electron chi connectivity index (χ0n) is 16.5. The Morgan fingerprint density at radius 2 is 1.59 bits per heavy atom. The van der Waals surface area contributed by atoms with Crippen molar-refractivity contribution >= 4 is 33.2 Å². The molecular formula is C21H23NO6S. The molecule has 0 fully saturated rings. The van der Waals surface area contributed by atoms with E-state index in [1.807, 2.05) is 6.92 Å². The smallest absolute Gasteiger partial charge is 0.307 e. The van der Waals surface area contributed by atoms with Gasteiger partial charge in [-0.1, -0.05) is 17.7 Å². The highest BCUT2D eigenvalue weighted by Crippen LogP contribution is 2.14. The summed E-state index contributed by atoms with van der Waals surface area (Å²) in [6.45, 7) is 4.68. The summed E-state index contributed by atoms with van der Waals surface area (Å²) in [5.41, 5.74) is 1.89. The lowest BCUT2D eigenvalue weighted by Gasteiger charge is -2.14. The molecule has 0 bridgehead atoms. The lowest BCUT2D eigenvalue weighted by Crippen LogP contribution is -2.30. The number of esters is 1. The number of sulfone groups is 1. The third-order valence-electron chi connectivity index (χ3n) is 4.19. The number of nitrogens with one attached hydrogen (secondary N) is 1. The van der Waals surface area contributed by atoms with Crippen LogP contribution in [0.1, 0.15) is 36.2 Å². The fourth-order valence-corrected chi connectivity index (χ4v) is 3.64. The Kier molecular flexibility index (Phi) is 7.28. The lowest BCUT2D eigenvalue weighted by atomic mass is 10.1. The van der Waals surface area contributed by atoms with E-state index in [1.165, 1.54) is 26.0 Å². The van der Waals surface area contributed by atoms with Gasteiger partial charge in [0.05, 0.1) is 17.1 Å². The van der Waals surface area contributed by atoms with Crippen LogP contribution in [0.3, 0.4) is 0 Å². The fourth-order valence-electron chi connectivity index (χ4n) is 2.42. The maximum Gasteiger partial charge on any atom is 0.307 e. The molecule has 0 radical (unpaired) electrons. The molecule has 0 aliphatic rings. The van der Waals surface area contributed by atoms with Crippen molar-refractivity contribution in [3.05, 3.63) is 59.7 Å². The second kappa shape index (κ2) is 9.47. The van der Waals surface area contributed by atoms with Crippen LogP contribution in [0.15, 0.2) is 53.4 Å². The summed E-state index contributed by atoms with van der Waals surface area (Å²) in [4.78, 5) is 35.5. The molecule has 2 aromatic rings. The largest absolute Gasteiger partial charge is 0.453 e. The van der Waals surface area contributed by atoms with E-state index in [9.17, 15) is 22.8 Å². The van der Waals surface area contributed by atoms with E-state index < -0.39 is 33.6 Å². The Hall–Kier alpha value is -3.00. The molecule has 1 unspecified atom stereocenters. The van der Waals surface area contributed by atoms with Gasteiger partial charge in [0, 0.05) is 11.3 Å². The fraction of sp³-hybridized carbons (Fsp3) is 0.286. The lowest BCUT2D eigenvalue weighted by molar-refractivity contribution is -0.152. The monoisotopic (exact) mass is 417 g/mol. The number of hydrogen-bond donors (Lipinski definition) is 1. The molecule has 0 saturated heterocycles. The number of rotatable bonds is 8. The summed E-state index contributed by atoms with van der Waals surface area (Å²) in [7, 11) is -3.62. The minimum absolute atomic E-state index is 0.0919. The number of aryl methyl sites for hydroxylation is 1. The van der Waals surface area contributed by atoms with Gasteiger partial charge in [-0.3, -0.25) is 14.4 Å². The van der Waals surface area contributed by atoms with Crippen LogP contribution in [0.25, 0.3) is 0 Å². The van der Waals surface area contributed by atoms with Gasteiger partial charge in [-0.15, -0.1) is 0 Å². The van der Waals surface area contributed by atoms with E-state index in [4.69, 9.17) is 4.74 Å². The summed E-state index contributed by atoms with van der Waals surface area (Å²) in [5, 5.41) is 2.57. The highest BCUT2D eigenvalue weighted by Gasteiger charge is 2.21. The molecule has 0 spiro atoms. The first-order valence-corrected chi connectivity index (χ1v) is 10.6. The van der Waals surface area contributed by atoms with Gasteiger partial charge in [-0.25, -0.2) is 8.42 Å². The van der Waals surface area contributed by atoms with Crippen LogP contribution < -0.4 is 5.32 Å². The van der Waals surface area contributed by atoms with Crippen molar-refractivity contribution < 1.29 is 27.5 Å². The van der Waals surface area contributed by atoms with Gasteiger partial charge in [0.2, 0.25) is 0 Å². The number of amides is 1. The normalized spacial score (nSPS) is 12.1. The molecule has 1 atom stereocenters. The van der Waals surface area contributed by atoms with Crippen molar-refractivity contribution in [2.24, 2.45) is 0 Å². The molecule has 1 amide bonds. The van der Waals surface area contributed by atoms with Crippen molar-refractivity contribution in [3.63, 3.8) is 0 Å². The predicted octanol–water partition coefficient (Wildman–Crippen LogP) is 2.93.